The largest absolute Gasteiger partial charge is 0.514 e. The number of aliphatic hydroxyl groups excluding tert-OH is 1. The number of hydrogen-bond donors (Lipinski definition) is 2. The molecule has 2 N–H and O–H groups in total. The minimum atomic E-state index is -4.03. The smallest absolute Gasteiger partial charge is 0.231 e. The lowest BCUT2D eigenvalue weighted by atomic mass is 9.94. The number of aliphatic imine (C=N–C) groups is 1. The summed E-state index contributed by atoms with van der Waals surface area (Å²) in [5.74, 6) is 1.24. The summed E-state index contributed by atoms with van der Waals surface area (Å²) in [4.78, 5) is 4.25. The van der Waals surface area contributed by atoms with E-state index in [1.165, 1.54) is 24.3 Å². The molecule has 1 aliphatic carbocycles. The van der Waals surface area contributed by atoms with Gasteiger partial charge in [0.1, 0.15) is 17.0 Å². The van der Waals surface area contributed by atoms with E-state index in [9.17, 15) is 13.5 Å². The quantitative estimate of drug-likeness (QED) is 0.413. The zero-order valence-electron chi connectivity index (χ0n) is 15.3. The lowest BCUT2D eigenvalue weighted by Crippen LogP contribution is -2.26. The second-order valence-corrected chi connectivity index (χ2v) is 9.06. The van der Waals surface area contributed by atoms with Crippen LogP contribution in [0.25, 0.3) is 0 Å². The summed E-state index contributed by atoms with van der Waals surface area (Å²) in [5.41, 5.74) is 0.568. The summed E-state index contributed by atoms with van der Waals surface area (Å²) in [6.07, 6.45) is 3.34. The van der Waals surface area contributed by atoms with Crippen molar-refractivity contribution < 1.29 is 23.0 Å². The molecule has 29 heavy (non-hydrogen) atoms. The van der Waals surface area contributed by atoms with Gasteiger partial charge < -0.3 is 19.9 Å². The van der Waals surface area contributed by atoms with Crippen molar-refractivity contribution in [1.29, 1.82) is 0 Å². The molecule has 1 saturated carbocycles. The van der Waals surface area contributed by atoms with Gasteiger partial charge in [-0.1, -0.05) is 11.6 Å². The zero-order valence-corrected chi connectivity index (χ0v) is 16.9. The molecular formula is C20H19ClN2O5S. The lowest BCUT2D eigenvalue weighted by molar-refractivity contribution is 0.174. The number of hydrogen-bond acceptors (Lipinski definition) is 6. The van der Waals surface area contributed by atoms with Crippen molar-refractivity contribution in [3.05, 3.63) is 58.7 Å². The predicted octanol–water partition coefficient (Wildman–Crippen LogP) is 4.30. The number of benzene rings is 2. The molecule has 2 aliphatic rings. The van der Waals surface area contributed by atoms with Crippen LogP contribution in [0.15, 0.2) is 63.5 Å². The first kappa shape index (κ1) is 19.6. The van der Waals surface area contributed by atoms with Gasteiger partial charge >= 0.3 is 0 Å². The Bertz CT molecular complexity index is 1080. The van der Waals surface area contributed by atoms with E-state index >= 15 is 0 Å². The summed E-state index contributed by atoms with van der Waals surface area (Å²) >= 11 is 5.87. The van der Waals surface area contributed by atoms with E-state index in [1.54, 1.807) is 18.2 Å². The Balaban J connectivity index is 1.70. The lowest BCUT2D eigenvalue weighted by Gasteiger charge is -2.23. The number of anilines is 1. The molecule has 2 aromatic carbocycles. The van der Waals surface area contributed by atoms with Gasteiger partial charge in [-0.2, -0.15) is 0 Å². The highest BCUT2D eigenvalue weighted by Crippen LogP contribution is 2.35. The van der Waals surface area contributed by atoms with E-state index in [-0.39, 0.29) is 28.5 Å². The summed E-state index contributed by atoms with van der Waals surface area (Å²) in [6.45, 7) is 0.133. The molecule has 0 saturated heterocycles. The van der Waals surface area contributed by atoms with Gasteiger partial charge in [-0.15, -0.1) is 0 Å². The van der Waals surface area contributed by atoms with Crippen molar-refractivity contribution >= 4 is 33.0 Å². The van der Waals surface area contributed by atoms with Crippen molar-refractivity contribution in [3.8, 4) is 11.5 Å². The van der Waals surface area contributed by atoms with E-state index in [1.807, 2.05) is 0 Å². The molecule has 0 amide bonds. The Morgan fingerprint density at radius 1 is 1.14 bits per heavy atom. The van der Waals surface area contributed by atoms with E-state index in [0.29, 0.717) is 28.5 Å². The number of nitrogens with one attached hydrogen (secondary N) is 1. The number of rotatable bonds is 5. The highest BCUT2D eigenvalue weighted by molar-refractivity contribution is 7.96. The first-order valence-electron chi connectivity index (χ1n) is 9.07. The average Bonchev–Trinajstić information content (AvgIpc) is 3.13. The van der Waals surface area contributed by atoms with Crippen molar-refractivity contribution in [2.75, 3.05) is 12.1 Å². The molecule has 0 aromatic heterocycles. The molecule has 0 unspecified atom stereocenters. The van der Waals surface area contributed by atoms with E-state index in [2.05, 4.69) is 10.3 Å². The fourth-order valence-corrected chi connectivity index (χ4v) is 4.34. The van der Waals surface area contributed by atoms with Crippen molar-refractivity contribution in [2.45, 2.75) is 30.2 Å². The van der Waals surface area contributed by atoms with Crippen LogP contribution in [0.5, 0.6) is 11.5 Å². The molecule has 2 aromatic rings. The van der Waals surface area contributed by atoms with E-state index in [0.717, 1.165) is 19.3 Å². The predicted molar refractivity (Wildman–Crippen MR) is 111 cm³/mol. The van der Waals surface area contributed by atoms with Gasteiger partial charge in [-0.3, -0.25) is 4.99 Å². The average molecular weight is 435 g/mol. The molecule has 0 atom stereocenters. The zero-order chi connectivity index (χ0) is 20.4. The van der Waals surface area contributed by atoms with Crippen molar-refractivity contribution in [2.24, 2.45) is 4.99 Å². The molecule has 0 bridgehead atoms. The molecule has 1 fully saturated rings. The van der Waals surface area contributed by atoms with Gasteiger partial charge in [-0.25, -0.2) is 8.42 Å². The number of ether oxygens (including phenoxy) is 2. The molecule has 152 valence electrons. The first-order valence-corrected chi connectivity index (χ1v) is 10.9. The normalized spacial score (nSPS) is 17.1. The van der Waals surface area contributed by atoms with Crippen molar-refractivity contribution in [3.63, 3.8) is 0 Å². The van der Waals surface area contributed by atoms with Crippen LogP contribution in [-0.2, 0) is 9.84 Å². The molecule has 7 nitrogen and oxygen atoms in total. The SMILES string of the molecule is O=S(=O)(C(=CO)C(=NC1CCC1)Nc1ccc2c(c1)OCO2)c1ccc(Cl)cc1. The van der Waals surface area contributed by atoms with Crippen LogP contribution in [0.3, 0.4) is 0 Å². The Morgan fingerprint density at radius 3 is 2.52 bits per heavy atom. The number of fused-ring (bicyclic) bond motifs is 1. The second-order valence-electron chi connectivity index (χ2n) is 6.71. The van der Waals surface area contributed by atoms with Crippen molar-refractivity contribution in [1.82, 2.24) is 0 Å². The number of halogens is 1. The minimum absolute atomic E-state index is 0.00174. The maximum absolute atomic E-state index is 13.1. The molecule has 9 heteroatoms. The first-order chi connectivity index (χ1) is 14.0. The molecule has 1 heterocycles. The van der Waals surface area contributed by atoms with Gasteiger partial charge in [0.05, 0.1) is 10.9 Å². The number of aliphatic hydroxyl groups is 1. The summed E-state index contributed by atoms with van der Waals surface area (Å²) < 4.78 is 37.0. The molecule has 1 aliphatic heterocycles. The van der Waals surface area contributed by atoms with Gasteiger partial charge in [0.15, 0.2) is 11.5 Å². The van der Waals surface area contributed by atoms with Crippen LogP contribution >= 0.6 is 11.6 Å². The van der Waals surface area contributed by atoms with Crippen LogP contribution in [0.4, 0.5) is 5.69 Å². The van der Waals surface area contributed by atoms with Crippen LogP contribution in [-0.4, -0.2) is 32.2 Å². The number of amidine groups is 1. The Kier molecular flexibility index (Phi) is 5.38. The summed E-state index contributed by atoms with van der Waals surface area (Å²) in [7, 11) is -4.03. The number of nitrogens with zero attached hydrogens (tertiary/aromatic N) is 1. The van der Waals surface area contributed by atoms with Gasteiger partial charge in [0.25, 0.3) is 0 Å². The molecule has 4 rings (SSSR count). The monoisotopic (exact) mass is 434 g/mol. The van der Waals surface area contributed by atoms with Crippen LogP contribution in [0.1, 0.15) is 19.3 Å². The maximum Gasteiger partial charge on any atom is 0.231 e. The third kappa shape index (κ3) is 4.04. The summed E-state index contributed by atoms with van der Waals surface area (Å²) in [5, 5.41) is 13.3. The second kappa shape index (κ2) is 7.96. The summed E-state index contributed by atoms with van der Waals surface area (Å²) in [6, 6.07) is 10.9. The Morgan fingerprint density at radius 2 is 1.86 bits per heavy atom. The van der Waals surface area contributed by atoms with E-state index < -0.39 is 9.84 Å². The molecule has 0 spiro atoms. The Hall–Kier alpha value is -2.71. The third-order valence-corrected chi connectivity index (χ3v) is 6.81. The highest BCUT2D eigenvalue weighted by Gasteiger charge is 2.28. The third-order valence-electron chi connectivity index (χ3n) is 4.79. The Labute approximate surface area is 173 Å². The van der Waals surface area contributed by atoms with Crippen LogP contribution < -0.4 is 14.8 Å². The molecule has 0 radical (unpaired) electrons. The topological polar surface area (TPSA) is 97.2 Å². The van der Waals surface area contributed by atoms with Crippen LogP contribution in [0, 0.1) is 0 Å². The van der Waals surface area contributed by atoms with Gasteiger partial charge in [0.2, 0.25) is 16.6 Å². The maximum atomic E-state index is 13.1. The minimum Gasteiger partial charge on any atom is -0.514 e. The van der Waals surface area contributed by atoms with Crippen LogP contribution in [0.2, 0.25) is 5.02 Å². The fourth-order valence-electron chi connectivity index (χ4n) is 2.97. The molecular weight excluding hydrogens is 416 g/mol. The fraction of sp³-hybridized carbons (Fsp3) is 0.250. The number of sulfone groups is 1. The standard InChI is InChI=1S/C20H19ClN2O5S/c21-13-4-7-16(8-5-13)29(25,26)19(11-24)20(22-14-2-1-3-14)23-15-6-9-17-18(10-15)28-12-27-17/h4-11,14,24H,1-3,12H2,(H,22,23). The van der Waals surface area contributed by atoms with Gasteiger partial charge in [-0.05, 0) is 55.7 Å². The van der Waals surface area contributed by atoms with Gasteiger partial charge in [0, 0.05) is 16.8 Å². The van der Waals surface area contributed by atoms with E-state index in [4.69, 9.17) is 21.1 Å². The highest BCUT2D eigenvalue weighted by atomic mass is 35.5.